The molecule has 2 heterocycles. The Morgan fingerprint density at radius 2 is 2.37 bits per heavy atom. The number of aromatic nitrogens is 3. The van der Waals surface area contributed by atoms with Gasteiger partial charge in [0, 0.05) is 10.1 Å². The minimum atomic E-state index is -0.499. The quantitative estimate of drug-likeness (QED) is 0.799. The van der Waals surface area contributed by atoms with Crippen molar-refractivity contribution in [2.75, 3.05) is 7.11 Å². The van der Waals surface area contributed by atoms with Gasteiger partial charge in [-0.3, -0.25) is 4.68 Å². The number of hydrogen-bond donors (Lipinski definition) is 0. The number of thioether (sulfide) groups is 1. The number of nitrogens with zero attached hydrogens (tertiary/aromatic N) is 3. The molecule has 0 bridgehead atoms. The van der Waals surface area contributed by atoms with Gasteiger partial charge in [0.05, 0.1) is 13.7 Å². The number of rotatable bonds is 3. The van der Waals surface area contributed by atoms with Crippen molar-refractivity contribution in [3.05, 3.63) is 42.0 Å². The number of ether oxygens (including phenoxy) is 1. The van der Waals surface area contributed by atoms with E-state index in [2.05, 4.69) is 39.1 Å². The number of benzene rings is 1. The average molecular weight is 275 g/mol. The summed E-state index contributed by atoms with van der Waals surface area (Å²) in [6.07, 6.45) is 2.60. The second-order valence-electron chi connectivity index (χ2n) is 4.33. The number of methoxy groups -OCH3 is 1. The molecule has 1 atom stereocenters. The molecule has 19 heavy (non-hydrogen) atoms. The normalized spacial score (nSPS) is 17.2. The van der Waals surface area contributed by atoms with Gasteiger partial charge in [-0.15, -0.1) is 16.9 Å². The van der Waals surface area contributed by atoms with Crippen LogP contribution in [0.2, 0.25) is 0 Å². The van der Waals surface area contributed by atoms with E-state index in [-0.39, 0.29) is 5.82 Å². The van der Waals surface area contributed by atoms with Crippen LogP contribution in [-0.4, -0.2) is 33.1 Å². The van der Waals surface area contributed by atoms with Crippen LogP contribution < -0.4 is 0 Å². The minimum Gasteiger partial charge on any atom is -0.463 e. The van der Waals surface area contributed by atoms with Gasteiger partial charge in [-0.1, -0.05) is 18.2 Å². The summed E-state index contributed by atoms with van der Waals surface area (Å²) in [6.45, 7) is 0.739. The summed E-state index contributed by atoms with van der Waals surface area (Å²) in [7, 11) is 1.33. The Morgan fingerprint density at radius 3 is 3.16 bits per heavy atom. The van der Waals surface area contributed by atoms with E-state index in [9.17, 15) is 4.79 Å². The van der Waals surface area contributed by atoms with Crippen molar-refractivity contribution in [3.8, 4) is 0 Å². The average Bonchev–Trinajstić information content (AvgIpc) is 3.04. The van der Waals surface area contributed by atoms with Gasteiger partial charge < -0.3 is 4.74 Å². The van der Waals surface area contributed by atoms with Gasteiger partial charge in [0.2, 0.25) is 0 Å². The smallest absolute Gasteiger partial charge is 0.377 e. The predicted octanol–water partition coefficient (Wildman–Crippen LogP) is 1.78. The third-order valence-electron chi connectivity index (χ3n) is 3.01. The molecule has 0 saturated heterocycles. The van der Waals surface area contributed by atoms with Crippen LogP contribution in [0, 0.1) is 0 Å². The van der Waals surface area contributed by atoms with Gasteiger partial charge in [-0.05, 0) is 18.1 Å². The molecule has 3 rings (SSSR count). The lowest BCUT2D eigenvalue weighted by Gasteiger charge is -2.07. The lowest BCUT2D eigenvalue weighted by atomic mass is 10.1. The SMILES string of the molecule is COC(=O)c1ncn(CC2Cc3ccccc3S2)n1. The number of esters is 1. The molecule has 6 heteroatoms. The fraction of sp³-hybridized carbons (Fsp3) is 0.308. The molecule has 1 aliphatic rings. The molecular formula is C13H13N3O2S. The Morgan fingerprint density at radius 1 is 1.53 bits per heavy atom. The Hall–Kier alpha value is -1.82. The number of fused-ring (bicyclic) bond motifs is 1. The van der Waals surface area contributed by atoms with Crippen molar-refractivity contribution in [1.82, 2.24) is 14.8 Å². The largest absolute Gasteiger partial charge is 0.463 e. The van der Waals surface area contributed by atoms with Crippen molar-refractivity contribution >= 4 is 17.7 Å². The fourth-order valence-electron chi connectivity index (χ4n) is 2.13. The van der Waals surface area contributed by atoms with Gasteiger partial charge in [-0.25, -0.2) is 9.78 Å². The molecule has 0 radical (unpaired) electrons. The maximum Gasteiger partial charge on any atom is 0.377 e. The first-order valence-electron chi connectivity index (χ1n) is 5.98. The minimum absolute atomic E-state index is 0.114. The van der Waals surface area contributed by atoms with Crippen molar-refractivity contribution in [1.29, 1.82) is 0 Å². The van der Waals surface area contributed by atoms with Crippen molar-refractivity contribution in [3.63, 3.8) is 0 Å². The van der Waals surface area contributed by atoms with Crippen LogP contribution in [0.25, 0.3) is 0 Å². The summed E-state index contributed by atoms with van der Waals surface area (Å²) in [5.41, 5.74) is 1.38. The highest BCUT2D eigenvalue weighted by Crippen LogP contribution is 2.37. The van der Waals surface area contributed by atoms with Crippen LogP contribution in [0.3, 0.4) is 0 Å². The van der Waals surface area contributed by atoms with E-state index < -0.39 is 5.97 Å². The second-order valence-corrected chi connectivity index (χ2v) is 5.68. The van der Waals surface area contributed by atoms with Gasteiger partial charge >= 0.3 is 5.97 Å². The summed E-state index contributed by atoms with van der Waals surface area (Å²) in [5, 5.41) is 4.56. The van der Waals surface area contributed by atoms with Crippen molar-refractivity contribution in [2.45, 2.75) is 23.1 Å². The van der Waals surface area contributed by atoms with Crippen LogP contribution in [0.5, 0.6) is 0 Å². The Balaban J connectivity index is 1.68. The molecule has 0 aliphatic carbocycles. The first kappa shape index (κ1) is 12.2. The topological polar surface area (TPSA) is 57.0 Å². The molecule has 5 nitrogen and oxygen atoms in total. The van der Waals surface area contributed by atoms with Gasteiger partial charge in [-0.2, -0.15) is 0 Å². The maximum absolute atomic E-state index is 11.3. The molecule has 2 aromatic rings. The van der Waals surface area contributed by atoms with Crippen LogP contribution in [-0.2, 0) is 17.7 Å². The standard InChI is InChI=1S/C13H13N3O2S/c1-18-13(17)12-14-8-16(15-12)7-10-6-9-4-2-3-5-11(9)19-10/h2-5,8,10H,6-7H2,1H3. The Kier molecular flexibility index (Phi) is 3.25. The zero-order valence-electron chi connectivity index (χ0n) is 10.4. The zero-order chi connectivity index (χ0) is 13.2. The third kappa shape index (κ3) is 2.49. The zero-order valence-corrected chi connectivity index (χ0v) is 11.3. The molecular weight excluding hydrogens is 262 g/mol. The van der Waals surface area contributed by atoms with Crippen molar-refractivity contribution in [2.24, 2.45) is 0 Å². The van der Waals surface area contributed by atoms with E-state index in [0.717, 1.165) is 13.0 Å². The predicted molar refractivity (Wildman–Crippen MR) is 71.2 cm³/mol. The highest BCUT2D eigenvalue weighted by molar-refractivity contribution is 8.00. The number of carbonyl (C=O) groups is 1. The molecule has 0 N–H and O–H groups in total. The Bertz CT molecular complexity index is 586. The molecule has 1 aromatic heterocycles. The first-order chi connectivity index (χ1) is 9.26. The summed E-state index contributed by atoms with van der Waals surface area (Å²) < 4.78 is 6.29. The lowest BCUT2D eigenvalue weighted by Crippen LogP contribution is -2.13. The third-order valence-corrected chi connectivity index (χ3v) is 4.31. The molecule has 0 saturated carbocycles. The van der Waals surface area contributed by atoms with Gasteiger partial charge in [0.25, 0.3) is 5.82 Å². The second kappa shape index (κ2) is 5.05. The summed E-state index contributed by atoms with van der Waals surface area (Å²) in [5.74, 6) is -0.385. The van der Waals surface area contributed by atoms with E-state index in [1.807, 2.05) is 11.8 Å². The molecule has 1 unspecified atom stereocenters. The van der Waals surface area contributed by atoms with E-state index in [0.29, 0.717) is 5.25 Å². The summed E-state index contributed by atoms with van der Waals surface area (Å²) in [4.78, 5) is 16.6. The van der Waals surface area contributed by atoms with E-state index in [4.69, 9.17) is 0 Å². The monoisotopic (exact) mass is 275 g/mol. The summed E-state index contributed by atoms with van der Waals surface area (Å²) in [6, 6.07) is 8.41. The van der Waals surface area contributed by atoms with E-state index >= 15 is 0 Å². The lowest BCUT2D eigenvalue weighted by molar-refractivity contribution is 0.0586. The van der Waals surface area contributed by atoms with Gasteiger partial charge in [0.15, 0.2) is 0 Å². The fourth-order valence-corrected chi connectivity index (χ4v) is 3.44. The van der Waals surface area contributed by atoms with E-state index in [1.54, 1.807) is 11.0 Å². The van der Waals surface area contributed by atoms with Crippen molar-refractivity contribution < 1.29 is 9.53 Å². The highest BCUT2D eigenvalue weighted by Gasteiger charge is 2.23. The number of hydrogen-bond acceptors (Lipinski definition) is 5. The van der Waals surface area contributed by atoms with Gasteiger partial charge in [0.1, 0.15) is 6.33 Å². The molecule has 0 amide bonds. The van der Waals surface area contributed by atoms with E-state index in [1.165, 1.54) is 17.6 Å². The molecule has 98 valence electrons. The van der Waals surface area contributed by atoms with Crippen LogP contribution in [0.15, 0.2) is 35.5 Å². The molecule has 0 spiro atoms. The molecule has 0 fully saturated rings. The highest BCUT2D eigenvalue weighted by atomic mass is 32.2. The van der Waals surface area contributed by atoms with Crippen LogP contribution >= 0.6 is 11.8 Å². The molecule has 1 aliphatic heterocycles. The maximum atomic E-state index is 11.3. The molecule has 1 aromatic carbocycles. The summed E-state index contributed by atoms with van der Waals surface area (Å²) >= 11 is 1.85. The first-order valence-corrected chi connectivity index (χ1v) is 6.86. The van der Waals surface area contributed by atoms with Crippen LogP contribution in [0.4, 0.5) is 0 Å². The number of carbonyl (C=O) groups excluding carboxylic acids is 1. The van der Waals surface area contributed by atoms with Crippen LogP contribution in [0.1, 0.15) is 16.2 Å². The Labute approximate surface area is 115 Å².